The number of fused-ring (bicyclic) bond motifs is 1. The number of carbonyl (C=O) groups is 3. The Morgan fingerprint density at radius 1 is 1.17 bits per heavy atom. The Kier molecular flexibility index (Phi) is 6.77. The quantitative estimate of drug-likeness (QED) is 0.672. The fourth-order valence-electron chi connectivity index (χ4n) is 3.83. The van der Waals surface area contributed by atoms with Gasteiger partial charge >= 0.3 is 6.09 Å². The number of carbonyl (C=O) groups excluding carboxylic acids is 2. The smallest absolute Gasteiger partial charge is 0.404 e. The first-order chi connectivity index (χ1) is 14.3. The third-order valence-corrected chi connectivity index (χ3v) is 5.83. The fourth-order valence-corrected chi connectivity index (χ4v) is 4.01. The molecule has 160 valence electrons. The van der Waals surface area contributed by atoms with Crippen molar-refractivity contribution >= 4 is 40.3 Å². The Balaban J connectivity index is 1.73. The van der Waals surface area contributed by atoms with E-state index in [0.29, 0.717) is 30.8 Å². The van der Waals surface area contributed by atoms with E-state index in [-0.39, 0.29) is 23.4 Å². The zero-order valence-electron chi connectivity index (χ0n) is 16.9. The first-order valence-corrected chi connectivity index (χ1v) is 10.3. The Labute approximate surface area is 179 Å². The Morgan fingerprint density at radius 2 is 1.93 bits per heavy atom. The van der Waals surface area contributed by atoms with Crippen LogP contribution in [0, 0.1) is 5.92 Å². The van der Waals surface area contributed by atoms with Crippen LogP contribution in [0.3, 0.4) is 0 Å². The van der Waals surface area contributed by atoms with Crippen LogP contribution in [0.25, 0.3) is 10.8 Å². The molecule has 1 aromatic carbocycles. The molecule has 0 spiro atoms. The summed E-state index contributed by atoms with van der Waals surface area (Å²) in [5.41, 5.74) is 0.239. The van der Waals surface area contributed by atoms with Gasteiger partial charge in [0.15, 0.2) is 0 Å². The molecule has 0 saturated heterocycles. The van der Waals surface area contributed by atoms with Crippen molar-refractivity contribution in [1.29, 1.82) is 0 Å². The highest BCUT2D eigenvalue weighted by molar-refractivity contribution is 6.31. The van der Waals surface area contributed by atoms with Crippen LogP contribution in [-0.2, 0) is 4.79 Å². The van der Waals surface area contributed by atoms with Gasteiger partial charge in [0.2, 0.25) is 5.91 Å². The molecule has 2 aromatic rings. The lowest BCUT2D eigenvalue weighted by Gasteiger charge is -2.36. The van der Waals surface area contributed by atoms with E-state index in [1.807, 2.05) is 13.0 Å². The van der Waals surface area contributed by atoms with Gasteiger partial charge in [-0.1, -0.05) is 17.7 Å². The molecule has 3 rings (SSSR count). The maximum atomic E-state index is 12.8. The molecule has 1 aliphatic rings. The Bertz CT molecular complexity index is 967. The molecule has 3 N–H and O–H groups in total. The molecule has 1 aromatic heterocycles. The highest BCUT2D eigenvalue weighted by Crippen LogP contribution is 2.27. The number of hydrogen-bond donors (Lipinski definition) is 3. The van der Waals surface area contributed by atoms with Gasteiger partial charge in [0.05, 0.1) is 6.04 Å². The molecule has 0 bridgehead atoms. The van der Waals surface area contributed by atoms with Crippen LogP contribution < -0.4 is 10.6 Å². The van der Waals surface area contributed by atoms with Crippen LogP contribution >= 0.6 is 11.6 Å². The number of hydrogen-bond acceptors (Lipinski definition) is 4. The summed E-state index contributed by atoms with van der Waals surface area (Å²) >= 11 is 5.98. The number of nitrogens with one attached hydrogen (secondary N) is 2. The number of carboxylic acid groups (broad SMARTS) is 1. The topological polar surface area (TPSA) is 112 Å². The van der Waals surface area contributed by atoms with Gasteiger partial charge in [0.25, 0.3) is 5.91 Å². The number of pyridine rings is 1. The molecule has 3 atom stereocenters. The third kappa shape index (κ3) is 4.99. The van der Waals surface area contributed by atoms with Crippen LogP contribution in [0.15, 0.2) is 30.5 Å². The summed E-state index contributed by atoms with van der Waals surface area (Å²) in [4.78, 5) is 42.4. The van der Waals surface area contributed by atoms with Crippen molar-refractivity contribution in [2.45, 2.75) is 38.3 Å². The van der Waals surface area contributed by atoms with Gasteiger partial charge < -0.3 is 20.6 Å². The van der Waals surface area contributed by atoms with Crippen molar-refractivity contribution < 1.29 is 19.5 Å². The van der Waals surface area contributed by atoms with Crippen LogP contribution in [0.1, 0.15) is 36.7 Å². The van der Waals surface area contributed by atoms with Gasteiger partial charge in [-0.25, -0.2) is 4.79 Å². The number of nitrogens with zero attached hydrogens (tertiary/aromatic N) is 2. The fraction of sp³-hybridized carbons (Fsp3) is 0.429. The molecule has 0 radical (unpaired) electrons. The van der Waals surface area contributed by atoms with Crippen molar-refractivity contribution in [3.05, 3.63) is 41.2 Å². The first-order valence-electron chi connectivity index (χ1n) is 9.89. The van der Waals surface area contributed by atoms with E-state index in [0.717, 1.165) is 10.8 Å². The molecule has 30 heavy (non-hydrogen) atoms. The number of halogens is 1. The minimum Gasteiger partial charge on any atom is -0.465 e. The molecular weight excluding hydrogens is 408 g/mol. The average Bonchev–Trinajstić information content (AvgIpc) is 2.72. The van der Waals surface area contributed by atoms with Gasteiger partial charge in [0.1, 0.15) is 5.69 Å². The summed E-state index contributed by atoms with van der Waals surface area (Å²) in [6.07, 6.45) is 1.81. The Hall–Kier alpha value is -2.87. The zero-order valence-corrected chi connectivity index (χ0v) is 17.6. The summed E-state index contributed by atoms with van der Waals surface area (Å²) in [7, 11) is 1.73. The lowest BCUT2D eigenvalue weighted by atomic mass is 9.81. The molecule has 8 nitrogen and oxygen atoms in total. The van der Waals surface area contributed by atoms with Gasteiger partial charge in [-0.3, -0.25) is 14.6 Å². The standard InChI is InChI=1S/C21H25ClN4O4/c1-3-26(2)20(28)13-5-7-16(17(10-13)25-21(29)30)24-19(27)18-9-12-4-6-15(22)8-14(12)11-23-18/h4,6,8-9,11,13,16-17,25H,3,5,7,10H2,1-2H3,(H,24,27)(H,29,30)/t13-,16-,17+/m0/s1. The van der Waals surface area contributed by atoms with Gasteiger partial charge in [-0.15, -0.1) is 0 Å². The van der Waals surface area contributed by atoms with Crippen molar-refractivity contribution in [3.8, 4) is 0 Å². The maximum Gasteiger partial charge on any atom is 0.404 e. The predicted octanol–water partition coefficient (Wildman–Crippen LogP) is 2.90. The molecule has 0 aliphatic heterocycles. The number of amides is 3. The van der Waals surface area contributed by atoms with Crippen molar-refractivity contribution in [2.24, 2.45) is 5.92 Å². The van der Waals surface area contributed by atoms with E-state index >= 15 is 0 Å². The molecule has 0 unspecified atom stereocenters. The molecule has 1 aliphatic carbocycles. The minimum atomic E-state index is -1.18. The normalized spacial score (nSPS) is 21.1. The summed E-state index contributed by atoms with van der Waals surface area (Å²) in [5, 5.41) is 16.8. The molecule has 3 amide bonds. The lowest BCUT2D eigenvalue weighted by molar-refractivity contribution is -0.135. The first kappa shape index (κ1) is 21.8. The van der Waals surface area contributed by atoms with Crippen molar-refractivity contribution in [2.75, 3.05) is 13.6 Å². The van der Waals surface area contributed by atoms with Crippen LogP contribution in [-0.4, -0.2) is 58.6 Å². The van der Waals surface area contributed by atoms with Gasteiger partial charge in [-0.05, 0) is 49.8 Å². The summed E-state index contributed by atoms with van der Waals surface area (Å²) in [6, 6.07) is 6.01. The molecule has 1 fully saturated rings. The van der Waals surface area contributed by atoms with Crippen molar-refractivity contribution in [1.82, 2.24) is 20.5 Å². The monoisotopic (exact) mass is 432 g/mol. The minimum absolute atomic E-state index is 0.00526. The number of aromatic nitrogens is 1. The van der Waals surface area contributed by atoms with E-state index in [9.17, 15) is 19.5 Å². The number of benzene rings is 1. The lowest BCUT2D eigenvalue weighted by Crippen LogP contribution is -2.55. The van der Waals surface area contributed by atoms with Crippen LogP contribution in [0.2, 0.25) is 5.02 Å². The Morgan fingerprint density at radius 3 is 2.63 bits per heavy atom. The van der Waals surface area contributed by atoms with Gasteiger partial charge in [0, 0.05) is 42.2 Å². The second-order valence-electron chi connectivity index (χ2n) is 7.56. The SMILES string of the molecule is CCN(C)C(=O)[C@H]1CC[C@H](NC(=O)c2cc3ccc(Cl)cc3cn2)[C@H](NC(=O)O)C1. The maximum absolute atomic E-state index is 12.8. The van der Waals surface area contributed by atoms with Crippen LogP contribution in [0.5, 0.6) is 0 Å². The second kappa shape index (κ2) is 9.30. The third-order valence-electron chi connectivity index (χ3n) is 5.59. The van der Waals surface area contributed by atoms with E-state index < -0.39 is 18.2 Å². The molecule has 1 saturated carbocycles. The zero-order chi connectivity index (χ0) is 21.8. The molecule has 9 heteroatoms. The highest BCUT2D eigenvalue weighted by Gasteiger charge is 2.36. The van der Waals surface area contributed by atoms with E-state index in [4.69, 9.17) is 11.6 Å². The predicted molar refractivity (Wildman–Crippen MR) is 114 cm³/mol. The average molecular weight is 433 g/mol. The van der Waals surface area contributed by atoms with E-state index in [2.05, 4.69) is 15.6 Å². The van der Waals surface area contributed by atoms with E-state index in [1.54, 1.807) is 36.3 Å². The molecular formula is C21H25ClN4O4. The van der Waals surface area contributed by atoms with Gasteiger partial charge in [-0.2, -0.15) is 0 Å². The summed E-state index contributed by atoms with van der Waals surface area (Å²) < 4.78 is 0. The van der Waals surface area contributed by atoms with Crippen LogP contribution in [0.4, 0.5) is 4.79 Å². The second-order valence-corrected chi connectivity index (χ2v) is 8.00. The molecule has 1 heterocycles. The summed E-state index contributed by atoms with van der Waals surface area (Å²) in [6.45, 7) is 2.48. The highest BCUT2D eigenvalue weighted by atomic mass is 35.5. The van der Waals surface area contributed by atoms with Crippen molar-refractivity contribution in [3.63, 3.8) is 0 Å². The summed E-state index contributed by atoms with van der Waals surface area (Å²) in [5.74, 6) is -0.665. The largest absolute Gasteiger partial charge is 0.465 e. The van der Waals surface area contributed by atoms with E-state index in [1.165, 1.54) is 0 Å². The number of rotatable bonds is 5.